The third-order valence-electron chi connectivity index (χ3n) is 4.31. The Morgan fingerprint density at radius 2 is 1.96 bits per heavy atom. The van der Waals surface area contributed by atoms with Gasteiger partial charge in [0.1, 0.15) is 11.4 Å². The number of fused-ring (bicyclic) bond motifs is 2. The highest BCUT2D eigenvalue weighted by atomic mass is 16.6. The van der Waals surface area contributed by atoms with Crippen LogP contribution in [0.1, 0.15) is 43.1 Å². The Kier molecular flexibility index (Phi) is 3.37. The first-order valence-corrected chi connectivity index (χ1v) is 7.70. The lowest BCUT2D eigenvalue weighted by atomic mass is 9.95. The molecule has 7 nitrogen and oxygen atoms in total. The van der Waals surface area contributed by atoms with Gasteiger partial charge < -0.3 is 14.7 Å². The van der Waals surface area contributed by atoms with E-state index in [2.05, 4.69) is 5.32 Å². The zero-order valence-electron chi connectivity index (χ0n) is 14.1. The number of ether oxygens (including phenoxy) is 1. The number of hydrogen-bond acceptors (Lipinski definition) is 5. The van der Waals surface area contributed by atoms with Gasteiger partial charge in [-0.2, -0.15) is 0 Å². The molecule has 1 fully saturated rings. The van der Waals surface area contributed by atoms with Crippen LogP contribution in [0, 0.1) is 0 Å². The molecule has 1 aliphatic carbocycles. The molecule has 0 saturated heterocycles. The van der Waals surface area contributed by atoms with Gasteiger partial charge in [0, 0.05) is 25.7 Å². The van der Waals surface area contributed by atoms with E-state index in [1.807, 2.05) is 11.9 Å². The first kappa shape index (κ1) is 16.3. The molecule has 1 aromatic carbocycles. The van der Waals surface area contributed by atoms with Gasteiger partial charge in [-0.1, -0.05) is 0 Å². The van der Waals surface area contributed by atoms with Crippen LogP contribution in [-0.2, 0) is 14.9 Å². The lowest BCUT2D eigenvalue weighted by Gasteiger charge is -2.21. The fourth-order valence-electron chi connectivity index (χ4n) is 3.18. The summed E-state index contributed by atoms with van der Waals surface area (Å²) in [4.78, 5) is 37.3. The molecule has 24 heavy (non-hydrogen) atoms. The minimum Gasteiger partial charge on any atom is -0.478 e. The van der Waals surface area contributed by atoms with Gasteiger partial charge in [0.05, 0.1) is 16.7 Å². The summed E-state index contributed by atoms with van der Waals surface area (Å²) in [6, 6.07) is 3.10. The molecule has 1 spiro atoms. The minimum atomic E-state index is -1.17. The number of amides is 1. The molecule has 3 rings (SSSR count). The van der Waals surface area contributed by atoms with Crippen molar-refractivity contribution in [1.29, 1.82) is 0 Å². The largest absolute Gasteiger partial charge is 0.478 e. The van der Waals surface area contributed by atoms with Gasteiger partial charge in [-0.3, -0.25) is 10.1 Å². The van der Waals surface area contributed by atoms with Crippen molar-refractivity contribution in [3.8, 4) is 0 Å². The number of aromatic carboxylic acids is 1. The first-order chi connectivity index (χ1) is 11.0. The maximum absolute atomic E-state index is 12.0. The van der Waals surface area contributed by atoms with Crippen molar-refractivity contribution in [3.63, 3.8) is 0 Å². The van der Waals surface area contributed by atoms with Gasteiger partial charge in [0.25, 0.3) is 0 Å². The number of nitrogens with one attached hydrogen (secondary N) is 1. The molecule has 1 saturated carbocycles. The number of hydrogen-bond donors (Lipinski definition) is 2. The number of rotatable bonds is 2. The number of likely N-dealkylation sites (N-methyl/N-ethyl adjacent to an activating group) is 1. The summed E-state index contributed by atoms with van der Waals surface area (Å²) in [7, 11) is 1.84. The van der Waals surface area contributed by atoms with Gasteiger partial charge in [0.2, 0.25) is 0 Å². The number of carboxylic acid groups (broad SMARTS) is 1. The molecule has 0 aromatic heterocycles. The Bertz CT molecular complexity index is 765. The van der Waals surface area contributed by atoms with Crippen LogP contribution in [0.2, 0.25) is 0 Å². The highest BCUT2D eigenvalue weighted by Gasteiger charge is 2.60. The summed E-state index contributed by atoms with van der Waals surface area (Å²) in [5.74, 6) is -1.04. The molecule has 0 radical (unpaired) electrons. The smallest absolute Gasteiger partial charge is 0.412 e. The van der Waals surface area contributed by atoms with E-state index in [-0.39, 0.29) is 17.0 Å². The normalized spacial score (nSPS) is 21.7. The summed E-state index contributed by atoms with van der Waals surface area (Å²) < 4.78 is 5.18. The van der Waals surface area contributed by atoms with Crippen molar-refractivity contribution in [1.82, 2.24) is 0 Å². The molecule has 0 bridgehead atoms. The Hall–Kier alpha value is -2.57. The molecule has 128 valence electrons. The number of carbonyl (C=O) groups is 3. The molecule has 1 aromatic rings. The third kappa shape index (κ3) is 2.60. The van der Waals surface area contributed by atoms with Crippen LogP contribution in [0.15, 0.2) is 12.1 Å². The lowest BCUT2D eigenvalue weighted by molar-refractivity contribution is -0.111. The van der Waals surface area contributed by atoms with Gasteiger partial charge in [-0.05, 0) is 38.5 Å². The molecular weight excluding hydrogens is 312 g/mol. The standard InChI is InChI=1S/C17H20N2O5/c1-16(2,3)24-15(23)18-11-6-12-10(5-9(11)14(21)22)17(7-13(17)20)8-19(12)4/h5-6H,7-8H2,1-4H3,(H,18,23)(H,21,22). The summed E-state index contributed by atoms with van der Waals surface area (Å²) in [5.41, 5.74) is 0.338. The van der Waals surface area contributed by atoms with Crippen LogP contribution in [0.5, 0.6) is 0 Å². The molecule has 2 aliphatic rings. The van der Waals surface area contributed by atoms with E-state index in [9.17, 15) is 19.5 Å². The second-order valence-corrected chi connectivity index (χ2v) is 7.39. The van der Waals surface area contributed by atoms with E-state index < -0.39 is 23.1 Å². The van der Waals surface area contributed by atoms with E-state index in [1.165, 1.54) is 6.07 Å². The second-order valence-electron chi connectivity index (χ2n) is 7.39. The molecule has 1 unspecified atom stereocenters. The van der Waals surface area contributed by atoms with E-state index in [4.69, 9.17) is 4.74 Å². The van der Waals surface area contributed by atoms with E-state index >= 15 is 0 Å². The maximum Gasteiger partial charge on any atom is 0.412 e. The molecular formula is C17H20N2O5. The topological polar surface area (TPSA) is 95.9 Å². The van der Waals surface area contributed by atoms with Crippen LogP contribution in [0.25, 0.3) is 0 Å². The zero-order chi connectivity index (χ0) is 17.9. The first-order valence-electron chi connectivity index (χ1n) is 7.70. The summed E-state index contributed by atoms with van der Waals surface area (Å²) in [6.07, 6.45) is -0.287. The Balaban J connectivity index is 1.99. The Morgan fingerprint density at radius 1 is 1.33 bits per heavy atom. The van der Waals surface area contributed by atoms with Crippen molar-refractivity contribution in [2.75, 3.05) is 23.8 Å². The van der Waals surface area contributed by atoms with Crippen LogP contribution < -0.4 is 10.2 Å². The Morgan fingerprint density at radius 3 is 2.46 bits per heavy atom. The highest BCUT2D eigenvalue weighted by molar-refractivity contribution is 6.11. The predicted octanol–water partition coefficient (Wildman–Crippen LogP) is 2.39. The quantitative estimate of drug-likeness (QED) is 0.863. The average Bonchev–Trinajstić information content (AvgIpc) is 2.97. The third-order valence-corrected chi connectivity index (χ3v) is 4.31. The van der Waals surface area contributed by atoms with Crippen molar-refractivity contribution in [2.45, 2.75) is 38.2 Å². The van der Waals surface area contributed by atoms with E-state index in [0.717, 1.165) is 11.3 Å². The van der Waals surface area contributed by atoms with Crippen LogP contribution in [0.4, 0.5) is 16.2 Å². The van der Waals surface area contributed by atoms with Gasteiger partial charge in [0.15, 0.2) is 0 Å². The minimum absolute atomic E-state index is 0.0472. The van der Waals surface area contributed by atoms with Gasteiger partial charge in [-0.25, -0.2) is 9.59 Å². The number of carboxylic acids is 1. The second kappa shape index (κ2) is 4.96. The fourth-order valence-corrected chi connectivity index (χ4v) is 3.18. The molecule has 1 heterocycles. The van der Waals surface area contributed by atoms with Gasteiger partial charge >= 0.3 is 12.1 Å². The fraction of sp³-hybridized carbons (Fsp3) is 0.471. The summed E-state index contributed by atoms with van der Waals surface area (Å²) in [5, 5.41) is 12.0. The zero-order valence-corrected chi connectivity index (χ0v) is 14.1. The van der Waals surface area contributed by atoms with Crippen LogP contribution in [-0.4, -0.2) is 42.1 Å². The summed E-state index contributed by atoms with van der Waals surface area (Å²) >= 11 is 0. The highest BCUT2D eigenvalue weighted by Crippen LogP contribution is 2.54. The molecule has 1 atom stereocenters. The van der Waals surface area contributed by atoms with Crippen molar-refractivity contribution in [2.24, 2.45) is 0 Å². The Labute approximate surface area is 139 Å². The van der Waals surface area contributed by atoms with Crippen LogP contribution >= 0.6 is 0 Å². The van der Waals surface area contributed by atoms with Gasteiger partial charge in [-0.15, -0.1) is 0 Å². The number of anilines is 2. The van der Waals surface area contributed by atoms with Crippen molar-refractivity contribution in [3.05, 3.63) is 23.3 Å². The molecule has 2 N–H and O–H groups in total. The molecule has 1 amide bonds. The molecule has 1 aliphatic heterocycles. The SMILES string of the molecule is CN1CC2(CC2=O)c2cc(C(=O)O)c(NC(=O)OC(C)(C)C)cc21. The number of benzene rings is 1. The van der Waals surface area contributed by atoms with Crippen LogP contribution in [0.3, 0.4) is 0 Å². The van der Waals surface area contributed by atoms with Crippen molar-refractivity contribution >= 4 is 29.2 Å². The number of carbonyl (C=O) groups excluding carboxylic acids is 2. The summed E-state index contributed by atoms with van der Waals surface area (Å²) in [6.45, 7) is 5.72. The number of ketones is 1. The number of nitrogens with zero attached hydrogens (tertiary/aromatic N) is 1. The van der Waals surface area contributed by atoms with Crippen molar-refractivity contribution < 1.29 is 24.2 Å². The molecule has 7 heteroatoms. The number of Topliss-reactive ketones (excluding diaryl/α,β-unsaturated/α-hetero) is 1. The van der Waals surface area contributed by atoms with E-state index in [0.29, 0.717) is 13.0 Å². The lowest BCUT2D eigenvalue weighted by Crippen LogP contribution is -2.27. The maximum atomic E-state index is 12.0. The average molecular weight is 332 g/mol. The monoisotopic (exact) mass is 332 g/mol. The van der Waals surface area contributed by atoms with E-state index in [1.54, 1.807) is 26.8 Å². The predicted molar refractivity (Wildman–Crippen MR) is 87.8 cm³/mol.